The van der Waals surface area contributed by atoms with Crippen LogP contribution in [0.4, 0.5) is 0 Å². The van der Waals surface area contributed by atoms with Crippen LogP contribution in [0.2, 0.25) is 5.02 Å². The third kappa shape index (κ3) is 3.62. The first kappa shape index (κ1) is 17.0. The zero-order valence-corrected chi connectivity index (χ0v) is 14.7. The number of benzene rings is 1. The normalized spacial score (nSPS) is 21.0. The molecule has 0 aliphatic carbocycles. The Kier molecular flexibility index (Phi) is 5.21. The fourth-order valence-electron chi connectivity index (χ4n) is 3.03. The van der Waals surface area contributed by atoms with E-state index in [9.17, 15) is 4.79 Å². The Morgan fingerprint density at radius 3 is 2.92 bits per heavy atom. The number of ether oxygens (including phenoxy) is 1. The molecule has 1 aliphatic heterocycles. The van der Waals surface area contributed by atoms with E-state index in [1.165, 1.54) is 0 Å². The van der Waals surface area contributed by atoms with E-state index in [0.29, 0.717) is 31.0 Å². The lowest BCUT2D eigenvalue weighted by Crippen LogP contribution is -2.48. The number of rotatable bonds is 4. The van der Waals surface area contributed by atoms with Crippen LogP contribution in [0, 0.1) is 0 Å². The van der Waals surface area contributed by atoms with Gasteiger partial charge in [-0.15, -0.1) is 0 Å². The average molecular weight is 348 g/mol. The van der Waals surface area contributed by atoms with Crippen molar-refractivity contribution < 1.29 is 9.53 Å². The summed E-state index contributed by atoms with van der Waals surface area (Å²) in [6.45, 7) is 3.08. The van der Waals surface area contributed by atoms with Crippen LogP contribution in [-0.2, 0) is 23.0 Å². The lowest BCUT2D eigenvalue weighted by molar-refractivity contribution is -0.144. The van der Waals surface area contributed by atoms with Gasteiger partial charge in [-0.05, 0) is 19.4 Å². The van der Waals surface area contributed by atoms with E-state index in [1.54, 1.807) is 6.33 Å². The van der Waals surface area contributed by atoms with Gasteiger partial charge in [0, 0.05) is 35.9 Å². The number of aryl methyl sites for hydroxylation is 2. The van der Waals surface area contributed by atoms with Gasteiger partial charge in [-0.3, -0.25) is 4.79 Å². The van der Waals surface area contributed by atoms with Crippen LogP contribution in [0.25, 0.3) is 0 Å². The molecular formula is C18H22ClN3O2. The minimum absolute atomic E-state index is 0.0720. The third-order valence-corrected chi connectivity index (χ3v) is 4.86. The Morgan fingerprint density at radius 2 is 2.21 bits per heavy atom. The van der Waals surface area contributed by atoms with Crippen LogP contribution in [0.1, 0.15) is 30.7 Å². The lowest BCUT2D eigenvalue weighted by Gasteiger charge is -2.38. The summed E-state index contributed by atoms with van der Waals surface area (Å²) in [5, 5.41) is 0.680. The molecule has 6 heteroatoms. The van der Waals surface area contributed by atoms with Gasteiger partial charge in [0.05, 0.1) is 25.5 Å². The summed E-state index contributed by atoms with van der Waals surface area (Å²) >= 11 is 6.27. The number of halogens is 1. The Hall–Kier alpha value is -1.85. The minimum atomic E-state index is -0.171. The number of aromatic nitrogens is 2. The fraction of sp³-hybridized carbons (Fsp3) is 0.444. The molecule has 1 amide bonds. The summed E-state index contributed by atoms with van der Waals surface area (Å²) in [5.41, 5.74) is 2.00. The molecule has 1 aliphatic rings. The Morgan fingerprint density at radius 1 is 1.42 bits per heavy atom. The van der Waals surface area contributed by atoms with Crippen molar-refractivity contribution in [1.29, 1.82) is 0 Å². The van der Waals surface area contributed by atoms with Crippen LogP contribution in [0.3, 0.4) is 0 Å². The summed E-state index contributed by atoms with van der Waals surface area (Å²) in [6, 6.07) is 7.72. The molecule has 0 radical (unpaired) electrons. The summed E-state index contributed by atoms with van der Waals surface area (Å²) in [6.07, 6.45) is 4.55. The highest BCUT2D eigenvalue weighted by Gasteiger charge is 2.31. The quantitative estimate of drug-likeness (QED) is 0.854. The fourth-order valence-corrected chi connectivity index (χ4v) is 3.29. The van der Waals surface area contributed by atoms with Crippen LogP contribution < -0.4 is 0 Å². The van der Waals surface area contributed by atoms with Crippen molar-refractivity contribution in [1.82, 2.24) is 14.5 Å². The number of hydrogen-bond acceptors (Lipinski definition) is 3. The second-order valence-corrected chi connectivity index (χ2v) is 6.64. The van der Waals surface area contributed by atoms with Gasteiger partial charge in [0.15, 0.2) is 0 Å². The Bertz CT molecular complexity index is 716. The molecule has 128 valence electrons. The average Bonchev–Trinajstić information content (AvgIpc) is 2.99. The topological polar surface area (TPSA) is 47.4 Å². The number of hydrogen-bond donors (Lipinski definition) is 0. The molecule has 24 heavy (non-hydrogen) atoms. The van der Waals surface area contributed by atoms with E-state index < -0.39 is 0 Å². The molecule has 2 unspecified atom stereocenters. The molecule has 0 saturated carbocycles. The molecular weight excluding hydrogens is 326 g/mol. The van der Waals surface area contributed by atoms with E-state index in [1.807, 2.05) is 53.9 Å². The van der Waals surface area contributed by atoms with Crippen molar-refractivity contribution in [2.75, 3.05) is 13.2 Å². The van der Waals surface area contributed by atoms with Gasteiger partial charge in [0.1, 0.15) is 6.10 Å². The smallest absolute Gasteiger partial charge is 0.223 e. The maximum atomic E-state index is 12.7. The summed E-state index contributed by atoms with van der Waals surface area (Å²) < 4.78 is 7.86. The molecule has 5 nitrogen and oxygen atoms in total. The second-order valence-electron chi connectivity index (χ2n) is 6.23. The molecule has 1 saturated heterocycles. The minimum Gasteiger partial charge on any atom is -0.369 e. The predicted octanol–water partition coefficient (Wildman–Crippen LogP) is 2.99. The predicted molar refractivity (Wildman–Crippen MR) is 92.8 cm³/mol. The number of amides is 1. The molecule has 2 heterocycles. The number of nitrogens with zero attached hydrogens (tertiary/aromatic N) is 3. The molecule has 1 aromatic carbocycles. The van der Waals surface area contributed by atoms with E-state index in [4.69, 9.17) is 16.3 Å². The maximum Gasteiger partial charge on any atom is 0.223 e. The Balaban J connectivity index is 1.66. The number of morpholine rings is 1. The molecule has 3 rings (SSSR count). The van der Waals surface area contributed by atoms with Crippen molar-refractivity contribution in [2.24, 2.45) is 7.05 Å². The standard InChI is InChI=1S/C18H22ClN3O2/c1-13-11-24-17(15-5-3-4-6-16(15)19)10-22(13)18(23)8-7-14-9-20-12-21(14)2/h3-6,9,12-13,17H,7-8,10-11H2,1-2H3. The summed E-state index contributed by atoms with van der Waals surface area (Å²) in [4.78, 5) is 18.7. The first-order chi connectivity index (χ1) is 11.6. The van der Waals surface area contributed by atoms with Gasteiger partial charge in [0.25, 0.3) is 0 Å². The zero-order chi connectivity index (χ0) is 17.1. The molecule has 1 aromatic heterocycles. The van der Waals surface area contributed by atoms with Crippen molar-refractivity contribution in [2.45, 2.75) is 31.9 Å². The van der Waals surface area contributed by atoms with Crippen molar-refractivity contribution >= 4 is 17.5 Å². The molecule has 0 N–H and O–H groups in total. The highest BCUT2D eigenvalue weighted by atomic mass is 35.5. The Labute approximate surface area is 147 Å². The van der Waals surface area contributed by atoms with Crippen molar-refractivity contribution in [3.8, 4) is 0 Å². The highest BCUT2D eigenvalue weighted by molar-refractivity contribution is 6.31. The van der Waals surface area contributed by atoms with Gasteiger partial charge in [0.2, 0.25) is 5.91 Å². The number of carbonyl (C=O) groups is 1. The summed E-state index contributed by atoms with van der Waals surface area (Å²) in [5.74, 6) is 0.143. The van der Waals surface area contributed by atoms with Crippen LogP contribution in [0.15, 0.2) is 36.8 Å². The number of imidazole rings is 1. The van der Waals surface area contributed by atoms with E-state index in [-0.39, 0.29) is 18.1 Å². The zero-order valence-electron chi connectivity index (χ0n) is 14.0. The van der Waals surface area contributed by atoms with E-state index in [0.717, 1.165) is 11.3 Å². The van der Waals surface area contributed by atoms with Gasteiger partial charge in [-0.25, -0.2) is 4.98 Å². The van der Waals surface area contributed by atoms with E-state index in [2.05, 4.69) is 4.98 Å². The monoisotopic (exact) mass is 347 g/mol. The SMILES string of the molecule is CC1COC(c2ccccc2Cl)CN1C(=O)CCc1cncn1C. The second kappa shape index (κ2) is 7.36. The van der Waals surface area contributed by atoms with Gasteiger partial charge in [-0.2, -0.15) is 0 Å². The van der Waals surface area contributed by atoms with Crippen LogP contribution >= 0.6 is 11.6 Å². The van der Waals surface area contributed by atoms with E-state index >= 15 is 0 Å². The third-order valence-electron chi connectivity index (χ3n) is 4.52. The first-order valence-electron chi connectivity index (χ1n) is 8.17. The molecule has 0 bridgehead atoms. The van der Waals surface area contributed by atoms with Gasteiger partial charge >= 0.3 is 0 Å². The van der Waals surface area contributed by atoms with Crippen LogP contribution in [-0.4, -0.2) is 39.6 Å². The molecule has 0 spiro atoms. The first-order valence-corrected chi connectivity index (χ1v) is 8.54. The highest BCUT2D eigenvalue weighted by Crippen LogP contribution is 2.30. The number of carbonyl (C=O) groups excluding carboxylic acids is 1. The van der Waals surface area contributed by atoms with Gasteiger partial charge < -0.3 is 14.2 Å². The largest absolute Gasteiger partial charge is 0.369 e. The van der Waals surface area contributed by atoms with Crippen molar-refractivity contribution in [3.63, 3.8) is 0 Å². The van der Waals surface area contributed by atoms with Gasteiger partial charge in [-0.1, -0.05) is 29.8 Å². The maximum absolute atomic E-state index is 12.7. The lowest BCUT2D eigenvalue weighted by atomic mass is 10.1. The molecule has 1 fully saturated rings. The van der Waals surface area contributed by atoms with Crippen LogP contribution in [0.5, 0.6) is 0 Å². The van der Waals surface area contributed by atoms with Crippen molar-refractivity contribution in [3.05, 3.63) is 53.1 Å². The molecule has 2 atom stereocenters. The summed E-state index contributed by atoms with van der Waals surface area (Å²) in [7, 11) is 1.94. The molecule has 2 aromatic rings.